The molecular weight excluding hydrogens is 396 g/mol. The van der Waals surface area contributed by atoms with Crippen LogP contribution in [0.3, 0.4) is 0 Å². The van der Waals surface area contributed by atoms with Crippen LogP contribution in [0.15, 0.2) is 23.6 Å². The van der Waals surface area contributed by atoms with Crippen LogP contribution in [0.4, 0.5) is 4.79 Å². The van der Waals surface area contributed by atoms with Crippen LogP contribution in [0, 0.1) is 0 Å². The van der Waals surface area contributed by atoms with E-state index in [0.29, 0.717) is 32.6 Å². The highest BCUT2D eigenvalue weighted by molar-refractivity contribution is 7.17. The minimum Gasteiger partial charge on any atom is -0.465 e. The van der Waals surface area contributed by atoms with Gasteiger partial charge in [-0.05, 0) is 53.8 Å². The summed E-state index contributed by atoms with van der Waals surface area (Å²) < 4.78 is 1.20. The number of aliphatic hydroxyl groups is 1. The van der Waals surface area contributed by atoms with Crippen LogP contribution in [0.2, 0.25) is 5.02 Å². The molecule has 5 nitrogen and oxygen atoms in total. The zero-order chi connectivity index (χ0) is 19.7. The van der Waals surface area contributed by atoms with Crippen LogP contribution in [-0.2, 0) is 0 Å². The first-order valence-electron chi connectivity index (χ1n) is 10.1. The van der Waals surface area contributed by atoms with Crippen molar-refractivity contribution in [3.8, 4) is 0 Å². The number of carboxylic acid groups (broad SMARTS) is 1. The quantitative estimate of drug-likeness (QED) is 0.729. The summed E-state index contributed by atoms with van der Waals surface area (Å²) in [5, 5.41) is 24.6. The average Bonchev–Trinajstić information content (AvgIpc) is 3.09. The van der Waals surface area contributed by atoms with Crippen molar-refractivity contribution in [2.24, 2.45) is 0 Å². The second-order valence-corrected chi connectivity index (χ2v) is 9.49. The number of rotatable bonds is 4. The Morgan fingerprint density at radius 3 is 2.57 bits per heavy atom. The third kappa shape index (κ3) is 4.15. The van der Waals surface area contributed by atoms with Crippen LogP contribution in [0.5, 0.6) is 0 Å². The van der Waals surface area contributed by atoms with Gasteiger partial charge in [0.25, 0.3) is 0 Å². The zero-order valence-electron chi connectivity index (χ0n) is 15.9. The van der Waals surface area contributed by atoms with Gasteiger partial charge < -0.3 is 15.1 Å². The molecule has 0 spiro atoms. The molecule has 0 bridgehead atoms. The molecule has 1 aliphatic carbocycles. The fraction of sp³-hybridized carbons (Fsp3) is 0.571. The molecule has 0 radical (unpaired) electrons. The summed E-state index contributed by atoms with van der Waals surface area (Å²) in [4.78, 5) is 15.1. The van der Waals surface area contributed by atoms with Gasteiger partial charge in [0.05, 0.1) is 5.60 Å². The fourth-order valence-corrected chi connectivity index (χ4v) is 5.87. The number of thiophene rings is 1. The third-order valence-corrected chi connectivity index (χ3v) is 7.52. The lowest BCUT2D eigenvalue weighted by atomic mass is 9.78. The molecule has 4 rings (SSSR count). The molecule has 1 aromatic heterocycles. The maximum atomic E-state index is 11.3. The van der Waals surface area contributed by atoms with E-state index >= 15 is 0 Å². The van der Waals surface area contributed by atoms with Gasteiger partial charge >= 0.3 is 6.09 Å². The second-order valence-electron chi connectivity index (χ2n) is 8.14. The van der Waals surface area contributed by atoms with Gasteiger partial charge in [-0.2, -0.15) is 0 Å². The Bertz CT molecular complexity index is 841. The predicted molar refractivity (Wildman–Crippen MR) is 113 cm³/mol. The molecule has 1 saturated heterocycles. The molecule has 1 aromatic carbocycles. The molecule has 2 N–H and O–H groups in total. The molecular formula is C21H27ClN2O3S. The van der Waals surface area contributed by atoms with Crippen molar-refractivity contribution in [2.75, 3.05) is 26.2 Å². The van der Waals surface area contributed by atoms with Crippen molar-refractivity contribution < 1.29 is 15.0 Å². The highest BCUT2D eigenvalue weighted by Crippen LogP contribution is 2.42. The van der Waals surface area contributed by atoms with Crippen LogP contribution in [-0.4, -0.2) is 57.9 Å². The Morgan fingerprint density at radius 1 is 1.18 bits per heavy atom. The van der Waals surface area contributed by atoms with Crippen molar-refractivity contribution in [2.45, 2.75) is 50.2 Å². The molecule has 2 heterocycles. The van der Waals surface area contributed by atoms with E-state index in [1.807, 2.05) is 12.1 Å². The number of piperazine rings is 1. The third-order valence-electron chi connectivity index (χ3n) is 6.31. The molecule has 1 aliphatic heterocycles. The number of amides is 1. The van der Waals surface area contributed by atoms with E-state index < -0.39 is 11.7 Å². The summed E-state index contributed by atoms with van der Waals surface area (Å²) >= 11 is 7.99. The van der Waals surface area contributed by atoms with E-state index in [0.717, 1.165) is 36.1 Å². The standard InChI is InChI=1S/C21H27ClN2O3S/c22-15-4-5-19-16(12-15)17(14-28-19)18(13-21(27)6-2-1-3-7-21)23-8-10-24(11-9-23)20(25)26/h4-5,12,14,18,27H,1-3,6-11,13H2,(H,25,26). The monoisotopic (exact) mass is 422 g/mol. The van der Waals surface area contributed by atoms with Crippen molar-refractivity contribution in [3.05, 3.63) is 34.2 Å². The molecule has 1 atom stereocenters. The number of halogens is 1. The molecule has 28 heavy (non-hydrogen) atoms. The topological polar surface area (TPSA) is 64.0 Å². The molecule has 7 heteroatoms. The highest BCUT2D eigenvalue weighted by Gasteiger charge is 2.37. The second kappa shape index (κ2) is 8.19. The number of benzene rings is 1. The molecule has 2 fully saturated rings. The first-order valence-corrected chi connectivity index (χ1v) is 11.3. The maximum absolute atomic E-state index is 11.3. The number of nitrogens with zero attached hydrogens (tertiary/aromatic N) is 2. The largest absolute Gasteiger partial charge is 0.465 e. The average molecular weight is 423 g/mol. The number of hydrogen-bond acceptors (Lipinski definition) is 4. The molecule has 2 aromatic rings. The predicted octanol–water partition coefficient (Wildman–Crippen LogP) is 4.98. The number of hydrogen-bond donors (Lipinski definition) is 2. The SMILES string of the molecule is O=C(O)N1CCN(C(CC2(O)CCCCC2)c2csc3ccc(Cl)cc23)CC1. The van der Waals surface area contributed by atoms with E-state index in [1.54, 1.807) is 11.3 Å². The molecule has 1 saturated carbocycles. The minimum absolute atomic E-state index is 0.0752. The fourth-order valence-electron chi connectivity index (χ4n) is 4.71. The Balaban J connectivity index is 1.65. The van der Waals surface area contributed by atoms with Gasteiger partial charge in [0.2, 0.25) is 0 Å². The van der Waals surface area contributed by atoms with Gasteiger partial charge in [-0.15, -0.1) is 11.3 Å². The van der Waals surface area contributed by atoms with Crippen molar-refractivity contribution in [1.82, 2.24) is 9.80 Å². The Kier molecular flexibility index (Phi) is 5.83. The van der Waals surface area contributed by atoms with E-state index in [1.165, 1.54) is 21.6 Å². The number of fused-ring (bicyclic) bond motifs is 1. The lowest BCUT2D eigenvalue weighted by Crippen LogP contribution is -2.50. The van der Waals surface area contributed by atoms with Gasteiger partial charge in [-0.25, -0.2) is 4.79 Å². The summed E-state index contributed by atoms with van der Waals surface area (Å²) in [6.07, 6.45) is 4.89. The molecule has 2 aliphatic rings. The summed E-state index contributed by atoms with van der Waals surface area (Å²) in [7, 11) is 0. The summed E-state index contributed by atoms with van der Waals surface area (Å²) in [6.45, 7) is 2.39. The summed E-state index contributed by atoms with van der Waals surface area (Å²) in [6, 6.07) is 6.07. The Labute approximate surface area is 174 Å². The molecule has 1 amide bonds. The smallest absolute Gasteiger partial charge is 0.407 e. The van der Waals surface area contributed by atoms with E-state index in [9.17, 15) is 15.0 Å². The zero-order valence-corrected chi connectivity index (χ0v) is 17.5. The minimum atomic E-state index is -0.852. The van der Waals surface area contributed by atoms with Gasteiger partial charge in [0, 0.05) is 41.9 Å². The Morgan fingerprint density at radius 2 is 1.89 bits per heavy atom. The van der Waals surface area contributed by atoms with Crippen molar-refractivity contribution in [1.29, 1.82) is 0 Å². The van der Waals surface area contributed by atoms with Gasteiger partial charge in [0.1, 0.15) is 0 Å². The van der Waals surface area contributed by atoms with Crippen molar-refractivity contribution in [3.63, 3.8) is 0 Å². The van der Waals surface area contributed by atoms with E-state index in [4.69, 9.17) is 11.6 Å². The van der Waals surface area contributed by atoms with Crippen LogP contribution >= 0.6 is 22.9 Å². The van der Waals surface area contributed by atoms with Crippen molar-refractivity contribution >= 4 is 39.1 Å². The van der Waals surface area contributed by atoms with Gasteiger partial charge in [-0.3, -0.25) is 4.90 Å². The number of carbonyl (C=O) groups is 1. The van der Waals surface area contributed by atoms with E-state index in [2.05, 4.69) is 16.3 Å². The normalized spacial score (nSPS) is 21.7. The van der Waals surface area contributed by atoms with Gasteiger partial charge in [0.15, 0.2) is 0 Å². The lowest BCUT2D eigenvalue weighted by Gasteiger charge is -2.42. The Hall–Kier alpha value is -1.34. The van der Waals surface area contributed by atoms with E-state index in [-0.39, 0.29) is 6.04 Å². The highest BCUT2D eigenvalue weighted by atomic mass is 35.5. The summed E-state index contributed by atoms with van der Waals surface area (Å²) in [5.41, 5.74) is 0.574. The molecule has 152 valence electrons. The summed E-state index contributed by atoms with van der Waals surface area (Å²) in [5.74, 6) is 0. The molecule has 1 unspecified atom stereocenters. The van der Waals surface area contributed by atoms with Gasteiger partial charge in [-0.1, -0.05) is 30.9 Å². The first kappa shape index (κ1) is 20.0. The maximum Gasteiger partial charge on any atom is 0.407 e. The lowest BCUT2D eigenvalue weighted by molar-refractivity contribution is -0.0332. The van der Waals surface area contributed by atoms with Crippen LogP contribution in [0.1, 0.15) is 50.1 Å². The van der Waals surface area contributed by atoms with Crippen LogP contribution < -0.4 is 0 Å². The first-order chi connectivity index (χ1) is 13.5. The van der Waals surface area contributed by atoms with Crippen LogP contribution in [0.25, 0.3) is 10.1 Å².